The van der Waals surface area contributed by atoms with Crippen LogP contribution in [0.2, 0.25) is 0 Å². The van der Waals surface area contributed by atoms with E-state index >= 15 is 0 Å². The first-order chi connectivity index (χ1) is 9.81. The molecule has 0 spiro atoms. The van der Waals surface area contributed by atoms with E-state index in [0.29, 0.717) is 0 Å². The van der Waals surface area contributed by atoms with Gasteiger partial charge in [0.05, 0.1) is 12.1 Å². The number of likely N-dealkylation sites (N-methyl/N-ethyl adjacent to an activating group) is 1. The largest absolute Gasteiger partial charge is 0.452 e. The number of benzene rings is 1. The number of nitrogens with zero attached hydrogens (tertiary/aromatic N) is 1. The molecule has 0 unspecified atom stereocenters. The second-order valence-corrected chi connectivity index (χ2v) is 5.62. The van der Waals surface area contributed by atoms with Crippen molar-refractivity contribution in [2.75, 3.05) is 33.0 Å². The van der Waals surface area contributed by atoms with Gasteiger partial charge in [0.15, 0.2) is 6.61 Å². The smallest absolute Gasteiger partial charge is 0.340 e. The van der Waals surface area contributed by atoms with Gasteiger partial charge in [-0.1, -0.05) is 0 Å². The Morgan fingerprint density at radius 2 is 2.00 bits per heavy atom. The molecule has 114 valence electrons. The van der Waals surface area contributed by atoms with Crippen LogP contribution in [0.5, 0.6) is 0 Å². The number of carbonyl (C=O) groups excluding carboxylic acids is 3. The summed E-state index contributed by atoms with van der Waals surface area (Å²) in [5.74, 6) is -1.49. The fraction of sp³-hybridized carbons (Fsp3) is 0.308. The van der Waals surface area contributed by atoms with Crippen LogP contribution < -0.4 is 11.1 Å². The minimum atomic E-state index is -0.680. The molecule has 0 aliphatic heterocycles. The van der Waals surface area contributed by atoms with Crippen LogP contribution in [0.15, 0.2) is 18.2 Å². The molecule has 0 saturated heterocycles. The summed E-state index contributed by atoms with van der Waals surface area (Å²) in [5.41, 5.74) is 6.16. The molecule has 1 aromatic rings. The molecule has 1 rings (SSSR count). The van der Waals surface area contributed by atoms with Crippen molar-refractivity contribution in [1.29, 1.82) is 0 Å². The average Bonchev–Trinajstić information content (AvgIpc) is 2.44. The number of halogens is 1. The molecule has 0 aliphatic rings. The van der Waals surface area contributed by atoms with Crippen LogP contribution in [-0.2, 0) is 14.3 Å². The van der Waals surface area contributed by atoms with E-state index in [2.05, 4.69) is 5.32 Å². The second-order valence-electron chi connectivity index (χ2n) is 4.37. The zero-order valence-electron chi connectivity index (χ0n) is 11.7. The standard InChI is InChI=1S/C13H16IN3O4/c1-17(2)12(19)6-16-11(18)7-21-13(20)9-5-8(14)3-4-10(9)15/h3-5H,6-7,15H2,1-2H3,(H,16,18). The fourth-order valence-corrected chi connectivity index (χ4v) is 1.79. The van der Waals surface area contributed by atoms with Crippen molar-refractivity contribution in [3.63, 3.8) is 0 Å². The lowest BCUT2D eigenvalue weighted by Gasteiger charge is -2.11. The molecule has 7 nitrogen and oxygen atoms in total. The van der Waals surface area contributed by atoms with E-state index in [9.17, 15) is 14.4 Å². The van der Waals surface area contributed by atoms with Gasteiger partial charge in [-0.2, -0.15) is 0 Å². The molecule has 0 atom stereocenters. The number of anilines is 1. The number of ether oxygens (including phenoxy) is 1. The highest BCUT2D eigenvalue weighted by molar-refractivity contribution is 14.1. The van der Waals surface area contributed by atoms with Crippen molar-refractivity contribution < 1.29 is 19.1 Å². The summed E-state index contributed by atoms with van der Waals surface area (Å²) in [5, 5.41) is 2.36. The zero-order chi connectivity index (χ0) is 16.0. The number of rotatable bonds is 5. The summed E-state index contributed by atoms with van der Waals surface area (Å²) in [4.78, 5) is 35.9. The maximum atomic E-state index is 11.8. The lowest BCUT2D eigenvalue weighted by atomic mass is 10.2. The molecule has 0 aliphatic carbocycles. The Bertz CT molecular complexity index is 560. The van der Waals surface area contributed by atoms with Gasteiger partial charge >= 0.3 is 5.97 Å². The lowest BCUT2D eigenvalue weighted by Crippen LogP contribution is -2.38. The predicted molar refractivity (Wildman–Crippen MR) is 85.6 cm³/mol. The Kier molecular flexibility index (Phi) is 6.40. The summed E-state index contributed by atoms with van der Waals surface area (Å²) in [6, 6.07) is 4.92. The SMILES string of the molecule is CN(C)C(=O)CNC(=O)COC(=O)c1cc(I)ccc1N. The van der Waals surface area contributed by atoms with Crippen LogP contribution in [0.3, 0.4) is 0 Å². The Morgan fingerprint density at radius 3 is 2.62 bits per heavy atom. The zero-order valence-corrected chi connectivity index (χ0v) is 13.8. The number of nitrogens with one attached hydrogen (secondary N) is 1. The Balaban J connectivity index is 2.48. The van der Waals surface area contributed by atoms with Crippen molar-refractivity contribution in [2.45, 2.75) is 0 Å². The third-order valence-electron chi connectivity index (χ3n) is 2.51. The summed E-state index contributed by atoms with van der Waals surface area (Å²) in [6.07, 6.45) is 0. The van der Waals surface area contributed by atoms with Gasteiger partial charge in [0.2, 0.25) is 5.91 Å². The number of carbonyl (C=O) groups is 3. The third-order valence-corrected chi connectivity index (χ3v) is 3.18. The quantitative estimate of drug-likeness (QED) is 0.415. The van der Waals surface area contributed by atoms with Gasteiger partial charge in [-0.15, -0.1) is 0 Å². The van der Waals surface area contributed by atoms with Crippen molar-refractivity contribution in [3.8, 4) is 0 Å². The highest BCUT2D eigenvalue weighted by Gasteiger charge is 2.14. The van der Waals surface area contributed by atoms with Gasteiger partial charge in [0, 0.05) is 23.4 Å². The number of nitrogens with two attached hydrogens (primary N) is 1. The van der Waals surface area contributed by atoms with E-state index in [1.165, 1.54) is 4.90 Å². The fourth-order valence-electron chi connectivity index (χ4n) is 1.30. The summed E-state index contributed by atoms with van der Waals surface area (Å²) in [6.45, 7) is -0.612. The Morgan fingerprint density at radius 1 is 1.33 bits per heavy atom. The lowest BCUT2D eigenvalue weighted by molar-refractivity contribution is -0.131. The predicted octanol–water partition coefficient (Wildman–Crippen LogP) is 0.235. The van der Waals surface area contributed by atoms with Gasteiger partial charge in [0.25, 0.3) is 5.91 Å². The topological polar surface area (TPSA) is 102 Å². The van der Waals surface area contributed by atoms with Crippen molar-refractivity contribution in [2.24, 2.45) is 0 Å². The molecule has 8 heteroatoms. The van der Waals surface area contributed by atoms with Crippen LogP contribution in [0.4, 0.5) is 5.69 Å². The van der Waals surface area contributed by atoms with E-state index in [-0.39, 0.29) is 23.7 Å². The first-order valence-electron chi connectivity index (χ1n) is 6.00. The molecule has 0 bridgehead atoms. The van der Waals surface area contributed by atoms with Gasteiger partial charge in [-0.05, 0) is 40.8 Å². The molecule has 0 heterocycles. The molecule has 0 fully saturated rings. The Hall–Kier alpha value is -1.84. The maximum absolute atomic E-state index is 11.8. The van der Waals surface area contributed by atoms with Crippen LogP contribution in [0, 0.1) is 3.57 Å². The Labute approximate surface area is 135 Å². The minimum Gasteiger partial charge on any atom is -0.452 e. The minimum absolute atomic E-state index is 0.144. The molecule has 0 radical (unpaired) electrons. The molecule has 1 aromatic carbocycles. The monoisotopic (exact) mass is 405 g/mol. The van der Waals surface area contributed by atoms with E-state index in [1.54, 1.807) is 32.3 Å². The molecule has 0 aromatic heterocycles. The first kappa shape index (κ1) is 17.2. The van der Waals surface area contributed by atoms with Crippen molar-refractivity contribution in [3.05, 3.63) is 27.3 Å². The van der Waals surface area contributed by atoms with Gasteiger partial charge in [-0.3, -0.25) is 9.59 Å². The molecular weight excluding hydrogens is 389 g/mol. The summed E-state index contributed by atoms with van der Waals surface area (Å²) < 4.78 is 5.69. The van der Waals surface area contributed by atoms with Crippen LogP contribution >= 0.6 is 22.6 Å². The van der Waals surface area contributed by atoms with Crippen LogP contribution in [0.25, 0.3) is 0 Å². The maximum Gasteiger partial charge on any atom is 0.340 e. The number of hydrogen-bond acceptors (Lipinski definition) is 5. The van der Waals surface area contributed by atoms with Crippen LogP contribution in [0.1, 0.15) is 10.4 Å². The van der Waals surface area contributed by atoms with E-state index in [1.807, 2.05) is 22.6 Å². The van der Waals surface area contributed by atoms with E-state index in [0.717, 1.165) is 3.57 Å². The molecule has 3 N–H and O–H groups in total. The van der Waals surface area contributed by atoms with E-state index < -0.39 is 18.5 Å². The van der Waals surface area contributed by atoms with Gasteiger partial charge < -0.3 is 20.7 Å². The van der Waals surface area contributed by atoms with Crippen molar-refractivity contribution in [1.82, 2.24) is 10.2 Å². The summed E-state index contributed by atoms with van der Waals surface area (Å²) >= 11 is 2.04. The second kappa shape index (κ2) is 7.81. The van der Waals surface area contributed by atoms with E-state index in [4.69, 9.17) is 10.5 Å². The molecule has 0 saturated carbocycles. The third kappa shape index (κ3) is 5.58. The van der Waals surface area contributed by atoms with Gasteiger partial charge in [0.1, 0.15) is 0 Å². The average molecular weight is 405 g/mol. The van der Waals surface area contributed by atoms with Crippen LogP contribution in [-0.4, -0.2) is 49.9 Å². The van der Waals surface area contributed by atoms with Gasteiger partial charge in [-0.25, -0.2) is 4.79 Å². The highest BCUT2D eigenvalue weighted by atomic mass is 127. The molecule has 21 heavy (non-hydrogen) atoms. The number of nitrogen functional groups attached to an aromatic ring is 1. The number of esters is 1. The summed E-state index contributed by atoms with van der Waals surface area (Å²) in [7, 11) is 3.16. The molecular formula is C13H16IN3O4. The number of hydrogen-bond donors (Lipinski definition) is 2. The molecule has 2 amide bonds. The normalized spacial score (nSPS) is 9.86. The number of amides is 2. The first-order valence-corrected chi connectivity index (χ1v) is 7.08. The van der Waals surface area contributed by atoms with Crippen molar-refractivity contribution >= 4 is 46.1 Å². The highest BCUT2D eigenvalue weighted by Crippen LogP contribution is 2.16.